The SMILES string of the molecule is CC(c1ccccc1O)N(C)C(=O)C1CCC(=O)NC1. The molecule has 0 saturated carbocycles. The zero-order valence-electron chi connectivity index (χ0n) is 11.8. The molecule has 108 valence electrons. The van der Waals surface area contributed by atoms with Gasteiger partial charge in [-0.05, 0) is 19.4 Å². The predicted molar refractivity (Wildman–Crippen MR) is 75.0 cm³/mol. The maximum atomic E-state index is 12.4. The van der Waals surface area contributed by atoms with Crippen LogP contribution in [-0.2, 0) is 9.59 Å². The van der Waals surface area contributed by atoms with Crippen LogP contribution in [0.5, 0.6) is 5.75 Å². The van der Waals surface area contributed by atoms with Gasteiger partial charge in [-0.1, -0.05) is 18.2 Å². The number of benzene rings is 1. The summed E-state index contributed by atoms with van der Waals surface area (Å²) < 4.78 is 0. The smallest absolute Gasteiger partial charge is 0.227 e. The average Bonchev–Trinajstić information content (AvgIpc) is 2.46. The molecule has 1 heterocycles. The Morgan fingerprint density at radius 2 is 2.15 bits per heavy atom. The van der Waals surface area contributed by atoms with Gasteiger partial charge in [0.2, 0.25) is 11.8 Å². The van der Waals surface area contributed by atoms with Crippen LogP contribution in [0.1, 0.15) is 31.4 Å². The first-order valence-electron chi connectivity index (χ1n) is 6.82. The van der Waals surface area contributed by atoms with Crippen molar-refractivity contribution >= 4 is 11.8 Å². The third-order valence-corrected chi connectivity index (χ3v) is 3.93. The molecule has 0 radical (unpaired) electrons. The number of nitrogens with one attached hydrogen (secondary N) is 1. The lowest BCUT2D eigenvalue weighted by atomic mass is 9.96. The summed E-state index contributed by atoms with van der Waals surface area (Å²) in [6, 6.07) is 6.81. The van der Waals surface area contributed by atoms with Crippen LogP contribution < -0.4 is 5.32 Å². The minimum atomic E-state index is -0.207. The highest BCUT2D eigenvalue weighted by molar-refractivity contribution is 5.83. The monoisotopic (exact) mass is 276 g/mol. The number of piperidine rings is 1. The number of nitrogens with zero attached hydrogens (tertiary/aromatic N) is 1. The molecule has 0 aliphatic carbocycles. The van der Waals surface area contributed by atoms with E-state index in [2.05, 4.69) is 5.32 Å². The molecular formula is C15H20N2O3. The van der Waals surface area contributed by atoms with Gasteiger partial charge in [-0.2, -0.15) is 0 Å². The quantitative estimate of drug-likeness (QED) is 0.877. The van der Waals surface area contributed by atoms with Crippen LogP contribution in [0.3, 0.4) is 0 Å². The number of hydrogen-bond acceptors (Lipinski definition) is 3. The Balaban J connectivity index is 2.07. The molecule has 1 fully saturated rings. The van der Waals surface area contributed by atoms with Gasteiger partial charge in [0.25, 0.3) is 0 Å². The molecule has 0 spiro atoms. The van der Waals surface area contributed by atoms with E-state index in [1.165, 1.54) is 0 Å². The summed E-state index contributed by atoms with van der Waals surface area (Å²) in [5.41, 5.74) is 0.725. The third-order valence-electron chi connectivity index (χ3n) is 3.93. The molecule has 1 aromatic carbocycles. The second-order valence-electron chi connectivity index (χ2n) is 5.22. The number of para-hydroxylation sites is 1. The number of hydrogen-bond donors (Lipinski definition) is 2. The molecule has 1 saturated heterocycles. The molecule has 2 rings (SSSR count). The highest BCUT2D eigenvalue weighted by atomic mass is 16.3. The Hall–Kier alpha value is -2.04. The Labute approximate surface area is 118 Å². The van der Waals surface area contributed by atoms with Crippen LogP contribution in [0.2, 0.25) is 0 Å². The van der Waals surface area contributed by atoms with E-state index in [1.54, 1.807) is 24.1 Å². The molecule has 0 bridgehead atoms. The van der Waals surface area contributed by atoms with Crippen molar-refractivity contribution in [3.8, 4) is 5.75 Å². The van der Waals surface area contributed by atoms with Gasteiger partial charge in [0.1, 0.15) is 5.75 Å². The Morgan fingerprint density at radius 3 is 2.75 bits per heavy atom. The molecule has 5 heteroatoms. The van der Waals surface area contributed by atoms with Crippen molar-refractivity contribution in [2.75, 3.05) is 13.6 Å². The number of carbonyl (C=O) groups is 2. The number of rotatable bonds is 3. The van der Waals surface area contributed by atoms with Crippen molar-refractivity contribution < 1.29 is 14.7 Å². The van der Waals surface area contributed by atoms with Gasteiger partial charge >= 0.3 is 0 Å². The number of carbonyl (C=O) groups excluding carboxylic acids is 2. The summed E-state index contributed by atoms with van der Waals surface area (Å²) in [4.78, 5) is 25.2. The van der Waals surface area contributed by atoms with Crippen LogP contribution in [0.15, 0.2) is 24.3 Å². The molecule has 20 heavy (non-hydrogen) atoms. The normalized spacial score (nSPS) is 20.1. The lowest BCUT2D eigenvalue weighted by Crippen LogP contribution is -2.44. The lowest BCUT2D eigenvalue weighted by molar-refractivity contribution is -0.138. The molecular weight excluding hydrogens is 256 g/mol. The second-order valence-corrected chi connectivity index (χ2v) is 5.22. The highest BCUT2D eigenvalue weighted by Crippen LogP contribution is 2.28. The molecule has 2 atom stereocenters. The first kappa shape index (κ1) is 14.4. The first-order chi connectivity index (χ1) is 9.50. The van der Waals surface area contributed by atoms with Gasteiger partial charge in [-0.25, -0.2) is 0 Å². The first-order valence-corrected chi connectivity index (χ1v) is 6.82. The summed E-state index contributed by atoms with van der Waals surface area (Å²) in [5, 5.41) is 12.6. The van der Waals surface area contributed by atoms with Crippen LogP contribution in [0, 0.1) is 5.92 Å². The van der Waals surface area contributed by atoms with Gasteiger partial charge in [0, 0.05) is 25.6 Å². The van der Waals surface area contributed by atoms with Gasteiger partial charge in [0.05, 0.1) is 12.0 Å². The summed E-state index contributed by atoms with van der Waals surface area (Å²) in [6.07, 6.45) is 0.984. The second kappa shape index (κ2) is 5.94. The summed E-state index contributed by atoms with van der Waals surface area (Å²) in [5.74, 6) is 0.0220. The third kappa shape index (κ3) is 2.92. The van der Waals surface area contributed by atoms with Crippen molar-refractivity contribution in [3.05, 3.63) is 29.8 Å². The summed E-state index contributed by atoms with van der Waals surface area (Å²) in [6.45, 7) is 2.28. The van der Waals surface area contributed by atoms with E-state index >= 15 is 0 Å². The lowest BCUT2D eigenvalue weighted by Gasteiger charge is -2.31. The molecule has 2 unspecified atom stereocenters. The number of aromatic hydroxyl groups is 1. The Kier molecular flexibility index (Phi) is 4.27. The van der Waals surface area contributed by atoms with Gasteiger partial charge < -0.3 is 15.3 Å². The molecule has 1 aliphatic rings. The molecule has 1 aromatic rings. The van der Waals surface area contributed by atoms with Crippen molar-refractivity contribution in [1.82, 2.24) is 10.2 Å². The van der Waals surface area contributed by atoms with Crippen molar-refractivity contribution in [3.63, 3.8) is 0 Å². The summed E-state index contributed by atoms with van der Waals surface area (Å²) >= 11 is 0. The topological polar surface area (TPSA) is 69.6 Å². The standard InChI is InChI=1S/C15H20N2O3/c1-10(12-5-3-4-6-13(12)18)17(2)15(20)11-7-8-14(19)16-9-11/h3-6,10-11,18H,7-9H2,1-2H3,(H,16,19). The molecule has 0 aromatic heterocycles. The van der Waals surface area contributed by atoms with E-state index in [-0.39, 0.29) is 29.5 Å². The largest absolute Gasteiger partial charge is 0.508 e. The van der Waals surface area contributed by atoms with Crippen molar-refractivity contribution in [2.24, 2.45) is 5.92 Å². The van der Waals surface area contributed by atoms with Crippen molar-refractivity contribution in [1.29, 1.82) is 0 Å². The van der Waals surface area contributed by atoms with Gasteiger partial charge in [-0.3, -0.25) is 9.59 Å². The van der Waals surface area contributed by atoms with E-state index in [0.29, 0.717) is 19.4 Å². The minimum Gasteiger partial charge on any atom is -0.508 e. The van der Waals surface area contributed by atoms with E-state index in [4.69, 9.17) is 0 Å². The average molecular weight is 276 g/mol. The van der Waals surface area contributed by atoms with E-state index in [9.17, 15) is 14.7 Å². The molecule has 2 amide bonds. The molecule has 2 N–H and O–H groups in total. The van der Waals surface area contributed by atoms with Crippen LogP contribution in [0.4, 0.5) is 0 Å². The van der Waals surface area contributed by atoms with Crippen LogP contribution in [-0.4, -0.2) is 35.4 Å². The minimum absolute atomic E-state index is 0.000697. The summed E-state index contributed by atoms with van der Waals surface area (Å²) in [7, 11) is 1.73. The number of amides is 2. The fraction of sp³-hybridized carbons (Fsp3) is 0.467. The molecule has 1 aliphatic heterocycles. The fourth-order valence-corrected chi connectivity index (χ4v) is 2.47. The van der Waals surface area contributed by atoms with Gasteiger partial charge in [0.15, 0.2) is 0 Å². The zero-order valence-corrected chi connectivity index (χ0v) is 11.8. The van der Waals surface area contributed by atoms with Crippen LogP contribution >= 0.6 is 0 Å². The van der Waals surface area contributed by atoms with Crippen LogP contribution in [0.25, 0.3) is 0 Å². The highest BCUT2D eigenvalue weighted by Gasteiger charge is 2.29. The number of phenolic OH excluding ortho intramolecular Hbond substituents is 1. The van der Waals surface area contributed by atoms with Crippen molar-refractivity contribution in [2.45, 2.75) is 25.8 Å². The maximum Gasteiger partial charge on any atom is 0.227 e. The molecule has 5 nitrogen and oxygen atoms in total. The fourth-order valence-electron chi connectivity index (χ4n) is 2.47. The maximum absolute atomic E-state index is 12.4. The van der Waals surface area contributed by atoms with E-state index in [0.717, 1.165) is 5.56 Å². The zero-order chi connectivity index (χ0) is 14.7. The Morgan fingerprint density at radius 1 is 1.45 bits per heavy atom. The van der Waals surface area contributed by atoms with Gasteiger partial charge in [-0.15, -0.1) is 0 Å². The van der Waals surface area contributed by atoms with E-state index < -0.39 is 0 Å². The number of phenols is 1. The Bertz CT molecular complexity index is 506. The predicted octanol–water partition coefficient (Wildman–Crippen LogP) is 1.44. The van der Waals surface area contributed by atoms with E-state index in [1.807, 2.05) is 19.1 Å².